The summed E-state index contributed by atoms with van der Waals surface area (Å²) in [6, 6.07) is 14.5. The second-order valence-electron chi connectivity index (χ2n) is 9.65. The molecule has 1 amide bonds. The van der Waals surface area contributed by atoms with Crippen molar-refractivity contribution >= 4 is 50.3 Å². The number of amides is 1. The third-order valence-electron chi connectivity index (χ3n) is 6.79. The summed E-state index contributed by atoms with van der Waals surface area (Å²) in [6.07, 6.45) is 6.19. The van der Waals surface area contributed by atoms with Crippen molar-refractivity contribution in [1.29, 1.82) is 0 Å². The van der Waals surface area contributed by atoms with Gasteiger partial charge in [0.15, 0.2) is 6.61 Å². The van der Waals surface area contributed by atoms with E-state index in [2.05, 4.69) is 26.3 Å². The van der Waals surface area contributed by atoms with Crippen LogP contribution in [0.5, 0.6) is 5.75 Å². The van der Waals surface area contributed by atoms with Crippen LogP contribution in [-0.4, -0.2) is 33.3 Å². The Morgan fingerprint density at radius 3 is 2.73 bits per heavy atom. The second-order valence-corrected chi connectivity index (χ2v) is 10.6. The van der Waals surface area contributed by atoms with E-state index in [1.165, 1.54) is 53.4 Å². The van der Waals surface area contributed by atoms with Crippen molar-refractivity contribution in [2.24, 2.45) is 5.10 Å². The Bertz CT molecular complexity index is 1720. The van der Waals surface area contributed by atoms with Crippen LogP contribution in [0.1, 0.15) is 49.4 Å². The molecule has 1 heterocycles. The number of carbonyl (C=O) groups is 1. The molecular weight excluding hydrogens is 597 g/mol. The van der Waals surface area contributed by atoms with Crippen molar-refractivity contribution in [3.63, 3.8) is 0 Å². The molecule has 1 saturated carbocycles. The molecule has 12 heteroatoms. The number of hydrogen-bond acceptors (Lipinski definition) is 7. The SMILES string of the molecule is O=C(COc1ccc([N+](=O)[O-])cc1C=Nn1c(C2CCCCC2)nc2ccc(Br)cc2c1=O)Nc1cccc(F)c1. The summed E-state index contributed by atoms with van der Waals surface area (Å²) >= 11 is 3.40. The van der Waals surface area contributed by atoms with E-state index in [9.17, 15) is 24.1 Å². The topological polar surface area (TPSA) is 129 Å². The average Bonchev–Trinajstić information content (AvgIpc) is 2.96. The van der Waals surface area contributed by atoms with E-state index in [4.69, 9.17) is 9.72 Å². The van der Waals surface area contributed by atoms with Crippen molar-refractivity contribution in [2.45, 2.75) is 38.0 Å². The molecule has 0 spiro atoms. The van der Waals surface area contributed by atoms with Crippen LogP contribution in [0.25, 0.3) is 10.9 Å². The lowest BCUT2D eigenvalue weighted by Gasteiger charge is -2.22. The molecule has 1 aliphatic rings. The number of nitrogens with one attached hydrogen (secondary N) is 1. The Labute approximate surface area is 242 Å². The zero-order valence-corrected chi connectivity index (χ0v) is 23.3. The van der Waals surface area contributed by atoms with Crippen molar-refractivity contribution in [1.82, 2.24) is 9.66 Å². The predicted molar refractivity (Wildman–Crippen MR) is 156 cm³/mol. The normalized spacial score (nSPS) is 13.9. The van der Waals surface area contributed by atoms with Gasteiger partial charge in [0.25, 0.3) is 17.2 Å². The molecule has 0 aliphatic heterocycles. The first-order chi connectivity index (χ1) is 19.8. The first-order valence-corrected chi connectivity index (χ1v) is 13.8. The molecule has 3 aromatic carbocycles. The van der Waals surface area contributed by atoms with Crippen molar-refractivity contribution in [3.05, 3.63) is 103 Å². The zero-order valence-electron chi connectivity index (χ0n) is 21.8. The number of nitro groups is 1. The predicted octanol–water partition coefficient (Wildman–Crippen LogP) is 6.15. The number of benzene rings is 3. The van der Waals surface area contributed by atoms with Gasteiger partial charge in [-0.15, -0.1) is 0 Å². The minimum Gasteiger partial charge on any atom is -0.483 e. The van der Waals surface area contributed by atoms with Crippen molar-refractivity contribution in [2.75, 3.05) is 11.9 Å². The molecule has 0 saturated heterocycles. The van der Waals surface area contributed by atoms with Gasteiger partial charge in [-0.05, 0) is 55.3 Å². The van der Waals surface area contributed by atoms with Crippen LogP contribution in [0.3, 0.4) is 0 Å². The maximum absolute atomic E-state index is 13.6. The molecule has 210 valence electrons. The average molecular weight is 622 g/mol. The van der Waals surface area contributed by atoms with Crippen LogP contribution in [0.2, 0.25) is 0 Å². The Morgan fingerprint density at radius 1 is 1.17 bits per heavy atom. The number of halogens is 2. The molecular formula is C29H25BrFN5O5. The largest absolute Gasteiger partial charge is 0.483 e. The Morgan fingerprint density at radius 2 is 1.98 bits per heavy atom. The fraction of sp³-hybridized carbons (Fsp3) is 0.241. The van der Waals surface area contributed by atoms with Gasteiger partial charge in [-0.1, -0.05) is 41.3 Å². The lowest BCUT2D eigenvalue weighted by molar-refractivity contribution is -0.384. The van der Waals surface area contributed by atoms with Gasteiger partial charge in [0.05, 0.1) is 22.0 Å². The Kier molecular flexibility index (Phi) is 8.48. The molecule has 4 aromatic rings. The minimum atomic E-state index is -0.563. The van der Waals surface area contributed by atoms with E-state index >= 15 is 0 Å². The van der Waals surface area contributed by atoms with Crippen LogP contribution in [0.15, 0.2) is 75.0 Å². The smallest absolute Gasteiger partial charge is 0.282 e. The number of fused-ring (bicyclic) bond motifs is 1. The molecule has 10 nitrogen and oxygen atoms in total. The van der Waals surface area contributed by atoms with E-state index in [0.29, 0.717) is 16.7 Å². The Hall–Kier alpha value is -4.45. The number of hydrogen-bond donors (Lipinski definition) is 1. The number of nitro benzene ring substituents is 1. The van der Waals surface area contributed by atoms with Crippen LogP contribution in [0.4, 0.5) is 15.8 Å². The highest BCUT2D eigenvalue weighted by Crippen LogP contribution is 2.32. The van der Waals surface area contributed by atoms with E-state index in [-0.39, 0.29) is 34.2 Å². The molecule has 0 atom stereocenters. The monoisotopic (exact) mass is 621 g/mol. The van der Waals surface area contributed by atoms with Gasteiger partial charge in [0.1, 0.15) is 17.4 Å². The summed E-state index contributed by atoms with van der Waals surface area (Å²) in [5.74, 6) is -0.359. The highest BCUT2D eigenvalue weighted by molar-refractivity contribution is 9.10. The first kappa shape index (κ1) is 28.1. The fourth-order valence-electron chi connectivity index (χ4n) is 4.81. The van der Waals surface area contributed by atoms with Gasteiger partial charge >= 0.3 is 0 Å². The van der Waals surface area contributed by atoms with Gasteiger partial charge in [0, 0.05) is 33.8 Å². The summed E-state index contributed by atoms with van der Waals surface area (Å²) in [6.45, 7) is -0.450. The van der Waals surface area contributed by atoms with Crippen LogP contribution in [0, 0.1) is 15.9 Å². The molecule has 1 fully saturated rings. The molecule has 0 unspecified atom stereocenters. The maximum Gasteiger partial charge on any atom is 0.282 e. The lowest BCUT2D eigenvalue weighted by Crippen LogP contribution is -2.25. The first-order valence-electron chi connectivity index (χ1n) is 13.0. The van der Waals surface area contributed by atoms with Gasteiger partial charge in [-0.2, -0.15) is 9.78 Å². The quantitative estimate of drug-likeness (QED) is 0.143. The number of carbonyl (C=O) groups excluding carboxylic acids is 1. The van der Waals surface area contributed by atoms with Gasteiger partial charge in [-0.25, -0.2) is 9.37 Å². The van der Waals surface area contributed by atoms with Crippen molar-refractivity contribution in [3.8, 4) is 5.75 Å². The summed E-state index contributed by atoms with van der Waals surface area (Å²) in [5.41, 5.74) is 0.426. The highest BCUT2D eigenvalue weighted by Gasteiger charge is 2.23. The minimum absolute atomic E-state index is 0.0361. The van der Waals surface area contributed by atoms with Crippen LogP contribution < -0.4 is 15.6 Å². The van der Waals surface area contributed by atoms with Gasteiger partial charge in [-0.3, -0.25) is 19.7 Å². The molecule has 5 rings (SSSR count). The summed E-state index contributed by atoms with van der Waals surface area (Å²) in [4.78, 5) is 41.7. The number of rotatable bonds is 8. The number of non-ortho nitro benzene ring substituents is 1. The third kappa shape index (κ3) is 6.65. The summed E-state index contributed by atoms with van der Waals surface area (Å²) < 4.78 is 21.1. The zero-order chi connectivity index (χ0) is 28.9. The Balaban J connectivity index is 1.49. The fourth-order valence-corrected chi connectivity index (χ4v) is 5.17. The molecule has 1 aromatic heterocycles. The molecule has 1 N–H and O–H groups in total. The number of nitrogens with zero attached hydrogens (tertiary/aromatic N) is 4. The van der Waals surface area contributed by atoms with E-state index in [0.717, 1.165) is 36.6 Å². The summed E-state index contributed by atoms with van der Waals surface area (Å²) in [5, 5.41) is 18.8. The second kappa shape index (κ2) is 12.4. The molecule has 1 aliphatic carbocycles. The molecule has 41 heavy (non-hydrogen) atoms. The number of ether oxygens (including phenoxy) is 1. The standard InChI is InChI=1S/C29H25BrFN5O5/c30-20-9-11-25-24(14-20)29(38)35(28(34-25)18-5-2-1-3-6-18)32-16-19-13-23(36(39)40)10-12-26(19)41-17-27(37)33-22-8-4-7-21(31)15-22/h4,7-16,18H,1-3,5-6,17H2,(H,33,37). The lowest BCUT2D eigenvalue weighted by atomic mass is 9.88. The van der Waals surface area contributed by atoms with Crippen LogP contribution in [-0.2, 0) is 4.79 Å². The number of anilines is 1. The maximum atomic E-state index is 13.6. The molecule has 0 bridgehead atoms. The van der Waals surface area contributed by atoms with Crippen LogP contribution >= 0.6 is 15.9 Å². The number of aromatic nitrogens is 2. The summed E-state index contributed by atoms with van der Waals surface area (Å²) in [7, 11) is 0. The molecule has 0 radical (unpaired) electrons. The third-order valence-corrected chi connectivity index (χ3v) is 7.28. The highest BCUT2D eigenvalue weighted by atomic mass is 79.9. The van der Waals surface area contributed by atoms with Crippen molar-refractivity contribution < 1.29 is 18.8 Å². The van der Waals surface area contributed by atoms with E-state index < -0.39 is 23.3 Å². The van der Waals surface area contributed by atoms with Gasteiger partial charge in [0.2, 0.25) is 0 Å². The van der Waals surface area contributed by atoms with E-state index in [1.807, 2.05) is 6.07 Å². The van der Waals surface area contributed by atoms with E-state index in [1.54, 1.807) is 12.1 Å². The van der Waals surface area contributed by atoms with Gasteiger partial charge < -0.3 is 10.1 Å².